The molecule has 7 heteroatoms. The van der Waals surface area contributed by atoms with Gasteiger partial charge in [0, 0.05) is 16.4 Å². The lowest BCUT2D eigenvalue weighted by Gasteiger charge is -2.11. The molecule has 0 unspecified atom stereocenters. The molecule has 1 aromatic carbocycles. The Bertz CT molecular complexity index is 720. The maximum Gasteiger partial charge on any atom is 0.416 e. The number of thioether (sulfide) groups is 1. The van der Waals surface area contributed by atoms with Crippen LogP contribution in [-0.2, 0) is 6.18 Å². The van der Waals surface area contributed by atoms with Crippen molar-refractivity contribution < 1.29 is 22.5 Å². The van der Waals surface area contributed by atoms with Crippen LogP contribution in [0.25, 0.3) is 0 Å². The molecule has 0 spiro atoms. The van der Waals surface area contributed by atoms with E-state index in [-0.39, 0.29) is 17.3 Å². The van der Waals surface area contributed by atoms with Gasteiger partial charge in [0.2, 0.25) is 0 Å². The lowest BCUT2D eigenvalue weighted by Crippen LogP contribution is -2.09. The first-order chi connectivity index (χ1) is 10.4. The molecule has 0 saturated heterocycles. The third-order valence-electron chi connectivity index (χ3n) is 3.56. The van der Waals surface area contributed by atoms with E-state index >= 15 is 0 Å². The molecule has 1 heterocycles. The molecular formula is C15H12F3NO2S. The number of halogens is 3. The highest BCUT2D eigenvalue weighted by molar-refractivity contribution is 7.98. The van der Waals surface area contributed by atoms with E-state index in [0.29, 0.717) is 16.2 Å². The zero-order chi connectivity index (χ0) is 15.9. The van der Waals surface area contributed by atoms with E-state index in [0.717, 1.165) is 36.7 Å². The summed E-state index contributed by atoms with van der Waals surface area (Å²) in [6, 6.07) is 3.15. The number of hydrogen-bond acceptors (Lipinski definition) is 4. The van der Waals surface area contributed by atoms with Gasteiger partial charge in [-0.2, -0.15) is 13.2 Å². The first-order valence-corrected chi connectivity index (χ1v) is 7.88. The van der Waals surface area contributed by atoms with Gasteiger partial charge in [-0.05, 0) is 37.3 Å². The number of rotatable bonds is 4. The summed E-state index contributed by atoms with van der Waals surface area (Å²) in [7, 11) is 0. The highest BCUT2D eigenvalue weighted by atomic mass is 32.2. The lowest BCUT2D eigenvalue weighted by atomic mass is 10.0. The van der Waals surface area contributed by atoms with Crippen molar-refractivity contribution >= 4 is 17.5 Å². The molecule has 116 valence electrons. The summed E-state index contributed by atoms with van der Waals surface area (Å²) >= 11 is 1.11. The molecule has 0 aliphatic heterocycles. The average Bonchev–Trinajstić information content (AvgIpc) is 3.22. The number of ketones is 1. The van der Waals surface area contributed by atoms with Gasteiger partial charge >= 0.3 is 6.18 Å². The Morgan fingerprint density at radius 2 is 2.05 bits per heavy atom. The standard InChI is InChI=1S/C15H12F3NO2S/c1-22-12-6-9(15(16,17)18)4-5-10(12)13(20)11-7-19-21-14(11)8-2-3-8/h4-8H,2-3H2,1H3. The summed E-state index contributed by atoms with van der Waals surface area (Å²) in [5.74, 6) is 0.395. The number of carbonyl (C=O) groups is 1. The number of aromatic nitrogens is 1. The number of nitrogens with zero attached hydrogens (tertiary/aromatic N) is 1. The molecule has 0 amide bonds. The fourth-order valence-electron chi connectivity index (χ4n) is 2.26. The van der Waals surface area contributed by atoms with E-state index in [4.69, 9.17) is 4.52 Å². The number of benzene rings is 1. The largest absolute Gasteiger partial charge is 0.416 e. The van der Waals surface area contributed by atoms with Gasteiger partial charge in [0.25, 0.3) is 0 Å². The molecule has 1 aliphatic rings. The minimum Gasteiger partial charge on any atom is -0.360 e. The number of hydrogen-bond donors (Lipinski definition) is 0. The predicted octanol–water partition coefficient (Wildman–Crippen LogP) is 4.52. The van der Waals surface area contributed by atoms with Crippen LogP contribution in [0.1, 0.15) is 46.0 Å². The molecule has 3 rings (SSSR count). The zero-order valence-corrected chi connectivity index (χ0v) is 12.4. The van der Waals surface area contributed by atoms with Crippen molar-refractivity contribution in [2.24, 2.45) is 0 Å². The second kappa shape index (κ2) is 5.46. The normalized spacial score (nSPS) is 15.1. The first-order valence-electron chi connectivity index (χ1n) is 6.66. The molecular weight excluding hydrogens is 315 g/mol. The molecule has 1 aromatic heterocycles. The Balaban J connectivity index is 2.00. The summed E-state index contributed by atoms with van der Waals surface area (Å²) in [5, 5.41) is 3.66. The van der Waals surface area contributed by atoms with Gasteiger partial charge in [-0.1, -0.05) is 5.16 Å². The van der Waals surface area contributed by atoms with Crippen LogP contribution in [0.4, 0.5) is 13.2 Å². The molecule has 0 atom stereocenters. The Morgan fingerprint density at radius 1 is 1.32 bits per heavy atom. The summed E-state index contributed by atoms with van der Waals surface area (Å²) in [6.45, 7) is 0. The van der Waals surface area contributed by atoms with Gasteiger partial charge in [-0.25, -0.2) is 0 Å². The number of carbonyl (C=O) groups excluding carboxylic acids is 1. The predicted molar refractivity (Wildman–Crippen MR) is 75.1 cm³/mol. The second-order valence-corrected chi connectivity index (χ2v) is 5.97. The van der Waals surface area contributed by atoms with E-state index in [1.54, 1.807) is 6.26 Å². The van der Waals surface area contributed by atoms with Crippen LogP contribution in [0.15, 0.2) is 33.8 Å². The van der Waals surface area contributed by atoms with E-state index in [2.05, 4.69) is 5.16 Å². The monoisotopic (exact) mass is 327 g/mol. The summed E-state index contributed by atoms with van der Waals surface area (Å²) in [5.41, 5.74) is -0.177. The van der Waals surface area contributed by atoms with Crippen LogP contribution < -0.4 is 0 Å². The molecule has 1 fully saturated rings. The maximum atomic E-state index is 12.8. The molecule has 1 saturated carbocycles. The fraction of sp³-hybridized carbons (Fsp3) is 0.333. The van der Waals surface area contributed by atoms with Gasteiger partial charge < -0.3 is 4.52 Å². The molecule has 3 nitrogen and oxygen atoms in total. The Kier molecular flexibility index (Phi) is 3.76. The van der Waals surface area contributed by atoms with Gasteiger partial charge in [0.05, 0.1) is 17.3 Å². The minimum absolute atomic E-state index is 0.202. The molecule has 2 aromatic rings. The molecule has 1 aliphatic carbocycles. The van der Waals surface area contributed by atoms with Gasteiger partial charge in [-0.15, -0.1) is 11.8 Å². The van der Waals surface area contributed by atoms with Crippen molar-refractivity contribution in [3.63, 3.8) is 0 Å². The molecule has 0 bridgehead atoms. The van der Waals surface area contributed by atoms with Crippen LogP contribution >= 0.6 is 11.8 Å². The highest BCUT2D eigenvalue weighted by Crippen LogP contribution is 2.42. The van der Waals surface area contributed by atoms with E-state index in [9.17, 15) is 18.0 Å². The quantitative estimate of drug-likeness (QED) is 0.611. The third kappa shape index (κ3) is 2.77. The topological polar surface area (TPSA) is 43.1 Å². The third-order valence-corrected chi connectivity index (χ3v) is 4.34. The molecule has 22 heavy (non-hydrogen) atoms. The smallest absolute Gasteiger partial charge is 0.360 e. The zero-order valence-electron chi connectivity index (χ0n) is 11.6. The van der Waals surface area contributed by atoms with Gasteiger partial charge in [-0.3, -0.25) is 4.79 Å². The Morgan fingerprint density at radius 3 is 2.64 bits per heavy atom. The fourth-order valence-corrected chi connectivity index (χ4v) is 2.88. The SMILES string of the molecule is CSc1cc(C(F)(F)F)ccc1C(=O)c1cnoc1C1CC1. The Labute approximate surface area is 128 Å². The van der Waals surface area contributed by atoms with E-state index in [1.807, 2.05) is 0 Å². The average molecular weight is 327 g/mol. The van der Waals surface area contributed by atoms with Crippen molar-refractivity contribution in [1.82, 2.24) is 5.16 Å². The van der Waals surface area contributed by atoms with Crippen LogP contribution in [0, 0.1) is 0 Å². The van der Waals surface area contributed by atoms with Crippen LogP contribution in [0.2, 0.25) is 0 Å². The van der Waals surface area contributed by atoms with Crippen molar-refractivity contribution in [2.45, 2.75) is 29.8 Å². The summed E-state index contributed by atoms with van der Waals surface area (Å²) in [4.78, 5) is 12.9. The summed E-state index contributed by atoms with van der Waals surface area (Å²) in [6.07, 6.45) is 0.442. The van der Waals surface area contributed by atoms with E-state index in [1.165, 1.54) is 12.3 Å². The first kappa shape index (κ1) is 15.1. The minimum atomic E-state index is -4.43. The van der Waals surface area contributed by atoms with Crippen molar-refractivity contribution in [3.05, 3.63) is 46.8 Å². The van der Waals surface area contributed by atoms with Crippen LogP contribution in [0.3, 0.4) is 0 Å². The van der Waals surface area contributed by atoms with Gasteiger partial charge in [0.15, 0.2) is 11.5 Å². The summed E-state index contributed by atoms with van der Waals surface area (Å²) < 4.78 is 43.4. The van der Waals surface area contributed by atoms with Crippen molar-refractivity contribution in [1.29, 1.82) is 0 Å². The van der Waals surface area contributed by atoms with Crippen LogP contribution in [-0.4, -0.2) is 17.2 Å². The second-order valence-electron chi connectivity index (χ2n) is 5.12. The Hall–Kier alpha value is -1.76. The van der Waals surface area contributed by atoms with Crippen LogP contribution in [0.5, 0.6) is 0 Å². The molecule has 0 radical (unpaired) electrons. The van der Waals surface area contributed by atoms with E-state index < -0.39 is 11.7 Å². The molecule has 0 N–H and O–H groups in total. The number of alkyl halides is 3. The van der Waals surface area contributed by atoms with Crippen molar-refractivity contribution in [2.75, 3.05) is 6.26 Å². The highest BCUT2D eigenvalue weighted by Gasteiger charge is 2.34. The maximum absolute atomic E-state index is 12.8. The van der Waals surface area contributed by atoms with Gasteiger partial charge in [0.1, 0.15) is 0 Å². The lowest BCUT2D eigenvalue weighted by molar-refractivity contribution is -0.137. The van der Waals surface area contributed by atoms with Crippen molar-refractivity contribution in [3.8, 4) is 0 Å².